The summed E-state index contributed by atoms with van der Waals surface area (Å²) in [5.74, 6) is 2.13. The van der Waals surface area contributed by atoms with E-state index in [1.54, 1.807) is 21.3 Å². The number of hydrogen-bond donors (Lipinski definition) is 1. The number of aromatic nitrogens is 2. The Kier molecular flexibility index (Phi) is 7.08. The van der Waals surface area contributed by atoms with Crippen molar-refractivity contribution in [2.45, 2.75) is 19.4 Å². The first-order chi connectivity index (χ1) is 14.2. The van der Waals surface area contributed by atoms with E-state index in [-0.39, 0.29) is 12.5 Å². The topological polar surface area (TPSA) is 74.6 Å². The average Bonchev–Trinajstić information content (AvgIpc) is 3.08. The van der Waals surface area contributed by atoms with Crippen LogP contribution >= 0.6 is 0 Å². The van der Waals surface area contributed by atoms with Crippen LogP contribution in [0.5, 0.6) is 11.5 Å². The van der Waals surface area contributed by atoms with Crippen molar-refractivity contribution in [1.29, 1.82) is 0 Å². The van der Waals surface area contributed by atoms with Gasteiger partial charge < -0.3 is 24.1 Å². The minimum atomic E-state index is -0.0437. The molecule has 0 aliphatic rings. The lowest BCUT2D eigenvalue weighted by Gasteiger charge is -2.12. The molecule has 0 bridgehead atoms. The Bertz CT molecular complexity index is 968. The normalized spacial score (nSPS) is 10.9. The fraction of sp³-hybridized carbons (Fsp3) is 0.364. The van der Waals surface area contributed by atoms with Gasteiger partial charge in [0.25, 0.3) is 0 Å². The molecule has 1 aromatic heterocycles. The molecule has 0 saturated heterocycles. The van der Waals surface area contributed by atoms with Gasteiger partial charge in [0.15, 0.2) is 11.5 Å². The third kappa shape index (κ3) is 5.06. The predicted molar refractivity (Wildman–Crippen MR) is 112 cm³/mol. The largest absolute Gasteiger partial charge is 0.493 e. The van der Waals surface area contributed by atoms with Gasteiger partial charge in [-0.25, -0.2) is 4.98 Å². The molecule has 1 heterocycles. The number of para-hydroxylation sites is 2. The van der Waals surface area contributed by atoms with Gasteiger partial charge in [0.1, 0.15) is 12.4 Å². The Labute approximate surface area is 170 Å². The summed E-state index contributed by atoms with van der Waals surface area (Å²) in [6, 6.07) is 13.6. The quantitative estimate of drug-likeness (QED) is 0.533. The molecule has 3 rings (SSSR count). The monoisotopic (exact) mass is 397 g/mol. The van der Waals surface area contributed by atoms with Crippen LogP contribution in [0.3, 0.4) is 0 Å². The van der Waals surface area contributed by atoms with Crippen molar-refractivity contribution >= 4 is 16.9 Å². The summed E-state index contributed by atoms with van der Waals surface area (Å²) < 4.78 is 17.7. The van der Waals surface area contributed by atoms with Crippen molar-refractivity contribution in [3.05, 3.63) is 53.9 Å². The van der Waals surface area contributed by atoms with Crippen LogP contribution in [0.15, 0.2) is 42.5 Å². The zero-order valence-electron chi connectivity index (χ0n) is 17.1. The smallest absolute Gasteiger partial charge is 0.240 e. The van der Waals surface area contributed by atoms with Crippen molar-refractivity contribution in [3.63, 3.8) is 0 Å². The third-order valence-corrected chi connectivity index (χ3v) is 4.69. The second-order valence-electron chi connectivity index (χ2n) is 6.67. The minimum absolute atomic E-state index is 0.0437. The van der Waals surface area contributed by atoms with Gasteiger partial charge in [0.2, 0.25) is 5.91 Å². The van der Waals surface area contributed by atoms with Gasteiger partial charge in [0, 0.05) is 26.7 Å². The van der Waals surface area contributed by atoms with Crippen molar-refractivity contribution in [1.82, 2.24) is 14.9 Å². The molecule has 0 spiro atoms. The summed E-state index contributed by atoms with van der Waals surface area (Å²) >= 11 is 0. The van der Waals surface area contributed by atoms with Gasteiger partial charge >= 0.3 is 0 Å². The molecule has 7 nitrogen and oxygen atoms in total. The molecule has 0 saturated carbocycles. The Morgan fingerprint density at radius 2 is 1.86 bits per heavy atom. The van der Waals surface area contributed by atoms with E-state index in [0.29, 0.717) is 31.1 Å². The molecule has 0 unspecified atom stereocenters. The Morgan fingerprint density at radius 3 is 2.62 bits per heavy atom. The Balaban J connectivity index is 1.84. The number of nitrogens with zero attached hydrogens (tertiary/aromatic N) is 2. The molecule has 2 aromatic carbocycles. The van der Waals surface area contributed by atoms with Gasteiger partial charge in [-0.15, -0.1) is 0 Å². The summed E-state index contributed by atoms with van der Waals surface area (Å²) in [5, 5.41) is 2.94. The average molecular weight is 397 g/mol. The van der Waals surface area contributed by atoms with Crippen LogP contribution in [-0.4, -0.2) is 49.9 Å². The number of imidazole rings is 1. The SMILES string of the molecule is COCCCNC(=O)Cn1c(Cc2ccc(OC)c(OC)c2)nc2ccccc21. The van der Waals surface area contributed by atoms with Crippen LogP contribution in [0, 0.1) is 0 Å². The molecule has 154 valence electrons. The van der Waals surface area contributed by atoms with E-state index in [9.17, 15) is 4.79 Å². The second kappa shape index (κ2) is 9.93. The Hall–Kier alpha value is -3.06. The van der Waals surface area contributed by atoms with Gasteiger partial charge in [-0.2, -0.15) is 0 Å². The molecule has 1 amide bonds. The highest BCUT2D eigenvalue weighted by molar-refractivity contribution is 5.81. The van der Waals surface area contributed by atoms with Crippen LogP contribution in [0.25, 0.3) is 11.0 Å². The molecule has 0 radical (unpaired) electrons. The number of carbonyl (C=O) groups excluding carboxylic acids is 1. The highest BCUT2D eigenvalue weighted by atomic mass is 16.5. The lowest BCUT2D eigenvalue weighted by Crippen LogP contribution is -2.29. The number of rotatable bonds is 10. The first-order valence-corrected chi connectivity index (χ1v) is 9.57. The van der Waals surface area contributed by atoms with Crippen LogP contribution in [0.2, 0.25) is 0 Å². The minimum Gasteiger partial charge on any atom is -0.493 e. The number of benzene rings is 2. The highest BCUT2D eigenvalue weighted by Crippen LogP contribution is 2.29. The van der Waals surface area contributed by atoms with Gasteiger partial charge in [-0.05, 0) is 36.2 Å². The van der Waals surface area contributed by atoms with E-state index in [0.717, 1.165) is 28.8 Å². The number of amides is 1. The van der Waals surface area contributed by atoms with Gasteiger partial charge in [-0.3, -0.25) is 4.79 Å². The fourth-order valence-corrected chi connectivity index (χ4v) is 3.25. The molecule has 0 aliphatic heterocycles. The molecule has 1 N–H and O–H groups in total. The fourth-order valence-electron chi connectivity index (χ4n) is 3.25. The van der Waals surface area contributed by atoms with Crippen LogP contribution in [-0.2, 0) is 22.5 Å². The lowest BCUT2D eigenvalue weighted by molar-refractivity contribution is -0.121. The number of carbonyl (C=O) groups is 1. The second-order valence-corrected chi connectivity index (χ2v) is 6.67. The highest BCUT2D eigenvalue weighted by Gasteiger charge is 2.15. The maximum absolute atomic E-state index is 12.5. The molecule has 0 atom stereocenters. The maximum Gasteiger partial charge on any atom is 0.240 e. The molecular weight excluding hydrogens is 370 g/mol. The van der Waals surface area contributed by atoms with Gasteiger partial charge in [-0.1, -0.05) is 18.2 Å². The standard InChI is InChI=1S/C22H27N3O4/c1-27-12-6-11-23-22(26)15-25-18-8-5-4-7-17(18)24-21(25)14-16-9-10-19(28-2)20(13-16)29-3/h4-5,7-10,13H,6,11-12,14-15H2,1-3H3,(H,23,26). The summed E-state index contributed by atoms with van der Waals surface area (Å²) in [5.41, 5.74) is 2.84. The summed E-state index contributed by atoms with van der Waals surface area (Å²) in [4.78, 5) is 17.2. The molecule has 29 heavy (non-hydrogen) atoms. The van der Waals surface area contributed by atoms with Crippen LogP contribution in [0.1, 0.15) is 17.8 Å². The third-order valence-electron chi connectivity index (χ3n) is 4.69. The van der Waals surface area contributed by atoms with E-state index in [2.05, 4.69) is 5.32 Å². The molecular formula is C22H27N3O4. The van der Waals surface area contributed by atoms with Crippen molar-refractivity contribution in [2.24, 2.45) is 0 Å². The van der Waals surface area contributed by atoms with E-state index in [1.807, 2.05) is 47.0 Å². The molecule has 0 aliphatic carbocycles. The molecule has 0 fully saturated rings. The van der Waals surface area contributed by atoms with Crippen molar-refractivity contribution in [3.8, 4) is 11.5 Å². The first-order valence-electron chi connectivity index (χ1n) is 9.57. The number of methoxy groups -OCH3 is 3. The first kappa shape index (κ1) is 20.7. The summed E-state index contributed by atoms with van der Waals surface area (Å²) in [7, 11) is 4.88. The molecule has 3 aromatic rings. The number of nitrogens with one attached hydrogen (secondary N) is 1. The van der Waals surface area contributed by atoms with Crippen molar-refractivity contribution in [2.75, 3.05) is 34.5 Å². The van der Waals surface area contributed by atoms with Gasteiger partial charge in [0.05, 0.1) is 25.3 Å². The van der Waals surface area contributed by atoms with E-state index in [1.165, 1.54) is 0 Å². The predicted octanol–water partition coefficient (Wildman–Crippen LogP) is 2.80. The van der Waals surface area contributed by atoms with E-state index >= 15 is 0 Å². The summed E-state index contributed by atoms with van der Waals surface area (Å²) in [6.07, 6.45) is 1.36. The number of ether oxygens (including phenoxy) is 3. The van der Waals surface area contributed by atoms with Crippen LogP contribution in [0.4, 0.5) is 0 Å². The Morgan fingerprint density at radius 1 is 1.07 bits per heavy atom. The number of hydrogen-bond acceptors (Lipinski definition) is 5. The zero-order chi connectivity index (χ0) is 20.6. The summed E-state index contributed by atoms with van der Waals surface area (Å²) in [6.45, 7) is 1.43. The maximum atomic E-state index is 12.5. The van der Waals surface area contributed by atoms with E-state index < -0.39 is 0 Å². The zero-order valence-corrected chi connectivity index (χ0v) is 17.1. The lowest BCUT2D eigenvalue weighted by atomic mass is 10.1. The molecule has 7 heteroatoms. The van der Waals surface area contributed by atoms with Crippen LogP contribution < -0.4 is 14.8 Å². The van der Waals surface area contributed by atoms with Crippen molar-refractivity contribution < 1.29 is 19.0 Å². The number of fused-ring (bicyclic) bond motifs is 1. The van der Waals surface area contributed by atoms with E-state index in [4.69, 9.17) is 19.2 Å².